The van der Waals surface area contributed by atoms with Crippen molar-refractivity contribution in [1.29, 1.82) is 0 Å². The van der Waals surface area contributed by atoms with Crippen LogP contribution in [0.4, 0.5) is 0 Å². The molecule has 1 aliphatic carbocycles. The predicted octanol–water partition coefficient (Wildman–Crippen LogP) is 1.40. The lowest BCUT2D eigenvalue weighted by atomic mass is 9.96. The largest absolute Gasteiger partial charge is 0.379 e. The van der Waals surface area contributed by atoms with Gasteiger partial charge in [-0.05, 0) is 18.8 Å². The maximum Gasteiger partial charge on any atom is 0.206 e. The van der Waals surface area contributed by atoms with E-state index in [1.54, 1.807) is 0 Å². The highest BCUT2D eigenvalue weighted by atomic mass is 16.5. The van der Waals surface area contributed by atoms with E-state index in [1.807, 2.05) is 0 Å². The number of guanidine groups is 1. The molecule has 0 aliphatic heterocycles. The third-order valence-electron chi connectivity index (χ3n) is 3.04. The summed E-state index contributed by atoms with van der Waals surface area (Å²) < 4.78 is 5.48. The van der Waals surface area contributed by atoms with E-state index in [0.29, 0.717) is 31.1 Å². The number of nitrogens with zero attached hydrogens (tertiary/aromatic N) is 1. The summed E-state index contributed by atoms with van der Waals surface area (Å²) in [5.74, 6) is 6.73. The van der Waals surface area contributed by atoms with Gasteiger partial charge in [0.25, 0.3) is 0 Å². The Labute approximate surface area is 111 Å². The second-order valence-corrected chi connectivity index (χ2v) is 5.32. The van der Waals surface area contributed by atoms with Crippen LogP contribution in [0.5, 0.6) is 0 Å². The standard InChI is InChI=1S/C13H28N4O/c1-11(2)10-18-9-8-15-13(17-14)16-12-6-4-3-5-7-12/h11-12H,3-10,14H2,1-2H3,(H2,15,16,17). The molecule has 1 rings (SSSR count). The van der Waals surface area contributed by atoms with Crippen LogP contribution in [-0.4, -0.2) is 31.8 Å². The van der Waals surface area contributed by atoms with Gasteiger partial charge in [-0.25, -0.2) is 10.8 Å². The van der Waals surface area contributed by atoms with Crippen LogP contribution in [0.3, 0.4) is 0 Å². The average Bonchev–Trinajstić information content (AvgIpc) is 2.38. The van der Waals surface area contributed by atoms with Gasteiger partial charge in [0.05, 0.1) is 13.2 Å². The smallest absolute Gasteiger partial charge is 0.206 e. The van der Waals surface area contributed by atoms with E-state index >= 15 is 0 Å². The van der Waals surface area contributed by atoms with Crippen molar-refractivity contribution >= 4 is 5.96 Å². The molecule has 1 saturated carbocycles. The van der Waals surface area contributed by atoms with Crippen molar-refractivity contribution in [2.75, 3.05) is 19.8 Å². The van der Waals surface area contributed by atoms with E-state index in [0.717, 1.165) is 6.61 Å². The number of nitrogens with one attached hydrogen (secondary N) is 2. The Morgan fingerprint density at radius 3 is 2.67 bits per heavy atom. The minimum absolute atomic E-state index is 0.519. The summed E-state index contributed by atoms with van der Waals surface area (Å²) in [7, 11) is 0. The van der Waals surface area contributed by atoms with E-state index in [-0.39, 0.29) is 0 Å². The summed E-state index contributed by atoms with van der Waals surface area (Å²) in [6.45, 7) is 6.36. The maximum atomic E-state index is 5.48. The first kappa shape index (κ1) is 15.2. The van der Waals surface area contributed by atoms with Gasteiger partial charge in [-0.2, -0.15) is 0 Å². The number of ether oxygens (including phenoxy) is 1. The lowest BCUT2D eigenvalue weighted by Crippen LogP contribution is -2.47. The third kappa shape index (κ3) is 6.81. The van der Waals surface area contributed by atoms with Gasteiger partial charge in [0.2, 0.25) is 5.96 Å². The Bertz CT molecular complexity index is 237. The summed E-state index contributed by atoms with van der Waals surface area (Å²) in [6, 6.07) is 0.519. The van der Waals surface area contributed by atoms with E-state index in [2.05, 4.69) is 29.6 Å². The van der Waals surface area contributed by atoms with Crippen LogP contribution >= 0.6 is 0 Å². The first-order valence-corrected chi connectivity index (χ1v) is 7.07. The number of hydrazine groups is 1. The number of aliphatic imine (C=N–C) groups is 1. The number of hydrogen-bond acceptors (Lipinski definition) is 3. The molecule has 1 fully saturated rings. The van der Waals surface area contributed by atoms with Crippen LogP contribution in [0.1, 0.15) is 46.0 Å². The number of hydrogen-bond donors (Lipinski definition) is 3. The molecule has 0 amide bonds. The second-order valence-electron chi connectivity index (χ2n) is 5.32. The molecule has 4 N–H and O–H groups in total. The molecule has 0 radical (unpaired) electrons. The topological polar surface area (TPSA) is 71.7 Å². The van der Waals surface area contributed by atoms with Crippen molar-refractivity contribution in [2.45, 2.75) is 52.0 Å². The van der Waals surface area contributed by atoms with Gasteiger partial charge in [0, 0.05) is 12.6 Å². The van der Waals surface area contributed by atoms with Crippen LogP contribution in [0.15, 0.2) is 4.99 Å². The third-order valence-corrected chi connectivity index (χ3v) is 3.04. The predicted molar refractivity (Wildman–Crippen MR) is 75.3 cm³/mol. The molecular weight excluding hydrogens is 228 g/mol. The molecule has 1 aliphatic rings. The zero-order valence-electron chi connectivity index (χ0n) is 11.7. The highest BCUT2D eigenvalue weighted by Gasteiger charge is 2.13. The first-order chi connectivity index (χ1) is 8.72. The van der Waals surface area contributed by atoms with Gasteiger partial charge >= 0.3 is 0 Å². The van der Waals surface area contributed by atoms with Crippen molar-refractivity contribution in [3.8, 4) is 0 Å². The van der Waals surface area contributed by atoms with Gasteiger partial charge in [0.15, 0.2) is 0 Å². The van der Waals surface area contributed by atoms with Gasteiger partial charge in [-0.15, -0.1) is 0 Å². The van der Waals surface area contributed by atoms with Crippen molar-refractivity contribution in [1.82, 2.24) is 10.7 Å². The zero-order valence-corrected chi connectivity index (χ0v) is 11.7. The molecule has 0 aromatic rings. The molecule has 18 heavy (non-hydrogen) atoms. The summed E-state index contributed by atoms with van der Waals surface area (Å²) in [4.78, 5) is 4.38. The molecular formula is C13H28N4O. The highest BCUT2D eigenvalue weighted by molar-refractivity contribution is 5.79. The Morgan fingerprint density at radius 1 is 1.33 bits per heavy atom. The van der Waals surface area contributed by atoms with Crippen LogP contribution in [0.2, 0.25) is 0 Å². The molecule has 5 heteroatoms. The molecule has 0 unspecified atom stereocenters. The molecule has 0 saturated heterocycles. The summed E-state index contributed by atoms with van der Waals surface area (Å²) >= 11 is 0. The van der Waals surface area contributed by atoms with E-state index < -0.39 is 0 Å². The van der Waals surface area contributed by atoms with Crippen molar-refractivity contribution in [2.24, 2.45) is 16.8 Å². The summed E-state index contributed by atoms with van der Waals surface area (Å²) in [6.07, 6.45) is 6.37. The lowest BCUT2D eigenvalue weighted by Gasteiger charge is -2.24. The summed E-state index contributed by atoms with van der Waals surface area (Å²) in [5, 5.41) is 3.36. The highest BCUT2D eigenvalue weighted by Crippen LogP contribution is 2.17. The normalized spacial score (nSPS) is 18.1. The fourth-order valence-corrected chi connectivity index (χ4v) is 2.11. The maximum absolute atomic E-state index is 5.48. The van der Waals surface area contributed by atoms with E-state index in [9.17, 15) is 0 Å². The molecule has 106 valence electrons. The van der Waals surface area contributed by atoms with E-state index in [4.69, 9.17) is 10.6 Å². The fourth-order valence-electron chi connectivity index (χ4n) is 2.11. The molecule has 0 aromatic carbocycles. The average molecular weight is 256 g/mol. The van der Waals surface area contributed by atoms with Crippen LogP contribution in [0, 0.1) is 5.92 Å². The molecule has 0 atom stereocenters. The lowest BCUT2D eigenvalue weighted by molar-refractivity contribution is 0.117. The minimum Gasteiger partial charge on any atom is -0.379 e. The van der Waals surface area contributed by atoms with Gasteiger partial charge < -0.3 is 10.1 Å². The van der Waals surface area contributed by atoms with Crippen molar-refractivity contribution in [3.63, 3.8) is 0 Å². The van der Waals surface area contributed by atoms with E-state index in [1.165, 1.54) is 32.1 Å². The van der Waals surface area contributed by atoms with Crippen LogP contribution < -0.4 is 16.6 Å². The molecule has 0 bridgehead atoms. The first-order valence-electron chi connectivity index (χ1n) is 7.07. The van der Waals surface area contributed by atoms with Gasteiger partial charge in [-0.1, -0.05) is 33.1 Å². The Balaban J connectivity index is 2.18. The van der Waals surface area contributed by atoms with Gasteiger partial charge in [-0.3, -0.25) is 5.43 Å². The van der Waals surface area contributed by atoms with Crippen molar-refractivity contribution < 1.29 is 4.74 Å². The molecule has 5 nitrogen and oxygen atoms in total. The number of rotatable bonds is 6. The fraction of sp³-hybridized carbons (Fsp3) is 0.923. The molecule has 0 spiro atoms. The Kier molecular flexibility index (Phi) is 7.76. The monoisotopic (exact) mass is 256 g/mol. The van der Waals surface area contributed by atoms with Crippen LogP contribution in [0.25, 0.3) is 0 Å². The molecule has 0 heterocycles. The van der Waals surface area contributed by atoms with Crippen molar-refractivity contribution in [3.05, 3.63) is 0 Å². The SMILES string of the molecule is CC(C)COCCN=C(NN)NC1CCCCC1. The van der Waals surface area contributed by atoms with Crippen LogP contribution in [-0.2, 0) is 4.74 Å². The Hall–Kier alpha value is -0.810. The Morgan fingerprint density at radius 2 is 2.06 bits per heavy atom. The number of nitrogens with two attached hydrogens (primary N) is 1. The zero-order chi connectivity index (χ0) is 13.2. The minimum atomic E-state index is 0.519. The van der Waals surface area contributed by atoms with Gasteiger partial charge in [0.1, 0.15) is 0 Å². The second kappa shape index (κ2) is 9.16. The summed E-state index contributed by atoms with van der Waals surface area (Å²) in [5.41, 5.74) is 2.63. The quantitative estimate of drug-likeness (QED) is 0.221. The molecule has 0 aromatic heterocycles.